The number of aromatic nitrogens is 2. The van der Waals surface area contributed by atoms with Crippen LogP contribution in [0.1, 0.15) is 38.3 Å². The molecule has 1 amide bonds. The summed E-state index contributed by atoms with van der Waals surface area (Å²) in [4.78, 5) is 22.2. The first-order valence-electron chi connectivity index (χ1n) is 9.42. The van der Waals surface area contributed by atoms with E-state index in [1.54, 1.807) is 0 Å². The average Bonchev–Trinajstić information content (AvgIpc) is 2.71. The molecule has 1 fully saturated rings. The van der Waals surface area contributed by atoms with Crippen LogP contribution in [-0.4, -0.2) is 39.1 Å². The van der Waals surface area contributed by atoms with Crippen molar-refractivity contribution < 1.29 is 22.4 Å². The van der Waals surface area contributed by atoms with E-state index in [2.05, 4.69) is 9.97 Å². The molecule has 0 bridgehead atoms. The van der Waals surface area contributed by atoms with Gasteiger partial charge >= 0.3 is 6.18 Å². The Morgan fingerprint density at radius 1 is 1.21 bits per heavy atom. The van der Waals surface area contributed by atoms with Crippen molar-refractivity contribution >= 4 is 17.7 Å². The summed E-state index contributed by atoms with van der Waals surface area (Å²) in [6, 6.07) is 6.03. The third-order valence-electron chi connectivity index (χ3n) is 4.88. The summed E-state index contributed by atoms with van der Waals surface area (Å²) in [5.74, 6) is -0.641. The van der Waals surface area contributed by atoms with Gasteiger partial charge < -0.3 is 4.90 Å². The van der Waals surface area contributed by atoms with Gasteiger partial charge in [0.2, 0.25) is 5.91 Å². The van der Waals surface area contributed by atoms with E-state index in [9.17, 15) is 22.4 Å². The van der Waals surface area contributed by atoms with Crippen molar-refractivity contribution in [1.82, 2.24) is 14.9 Å². The molecule has 1 saturated heterocycles. The smallest absolute Gasteiger partial charge is 0.339 e. The van der Waals surface area contributed by atoms with Gasteiger partial charge in [-0.25, -0.2) is 14.4 Å². The molecule has 0 saturated carbocycles. The molecule has 2 aromatic rings. The van der Waals surface area contributed by atoms with Gasteiger partial charge in [-0.3, -0.25) is 4.79 Å². The SMILES string of the molecule is CC[C@H]1CCCCN1C(=O)CSc1nc(-c2ccc(F)cc2)cc(C(F)(F)F)n1. The van der Waals surface area contributed by atoms with Crippen molar-refractivity contribution in [2.24, 2.45) is 0 Å². The molecule has 1 aromatic carbocycles. The first kappa shape index (κ1) is 21.5. The van der Waals surface area contributed by atoms with Crippen molar-refractivity contribution in [3.63, 3.8) is 0 Å². The van der Waals surface area contributed by atoms with Crippen molar-refractivity contribution in [3.05, 3.63) is 41.8 Å². The number of amides is 1. The number of carbonyl (C=O) groups is 1. The summed E-state index contributed by atoms with van der Waals surface area (Å²) in [7, 11) is 0. The van der Waals surface area contributed by atoms with E-state index >= 15 is 0 Å². The number of rotatable bonds is 5. The molecule has 2 heterocycles. The highest BCUT2D eigenvalue weighted by Gasteiger charge is 2.34. The Balaban J connectivity index is 1.81. The lowest BCUT2D eigenvalue weighted by molar-refractivity contribution is -0.141. The molecule has 0 aliphatic carbocycles. The van der Waals surface area contributed by atoms with Gasteiger partial charge in [-0.15, -0.1) is 0 Å². The molecule has 0 spiro atoms. The zero-order chi connectivity index (χ0) is 21.0. The molecule has 0 unspecified atom stereocenters. The average molecular weight is 427 g/mol. The zero-order valence-electron chi connectivity index (χ0n) is 15.9. The highest BCUT2D eigenvalue weighted by molar-refractivity contribution is 7.99. The lowest BCUT2D eigenvalue weighted by Crippen LogP contribution is -2.44. The number of hydrogen-bond donors (Lipinski definition) is 0. The molecular formula is C20H21F4N3OS. The lowest BCUT2D eigenvalue weighted by Gasteiger charge is -2.35. The van der Waals surface area contributed by atoms with Crippen LogP contribution in [0.5, 0.6) is 0 Å². The highest BCUT2D eigenvalue weighted by atomic mass is 32.2. The number of nitrogens with zero attached hydrogens (tertiary/aromatic N) is 3. The Labute approximate surface area is 170 Å². The Morgan fingerprint density at radius 3 is 2.59 bits per heavy atom. The molecular weight excluding hydrogens is 406 g/mol. The monoisotopic (exact) mass is 427 g/mol. The van der Waals surface area contributed by atoms with Gasteiger partial charge in [-0.1, -0.05) is 18.7 Å². The number of piperidine rings is 1. The summed E-state index contributed by atoms with van der Waals surface area (Å²) >= 11 is 0.889. The topological polar surface area (TPSA) is 46.1 Å². The molecule has 4 nitrogen and oxygen atoms in total. The molecule has 0 N–H and O–H groups in total. The Hall–Kier alpha value is -2.16. The molecule has 1 aromatic heterocycles. The fourth-order valence-corrected chi connectivity index (χ4v) is 4.11. The summed E-state index contributed by atoms with van der Waals surface area (Å²) < 4.78 is 53.0. The minimum atomic E-state index is -4.66. The summed E-state index contributed by atoms with van der Waals surface area (Å²) in [5.41, 5.74) is -0.715. The van der Waals surface area contributed by atoms with Crippen LogP contribution in [0.15, 0.2) is 35.5 Å². The normalized spacial score (nSPS) is 17.4. The number of hydrogen-bond acceptors (Lipinski definition) is 4. The van der Waals surface area contributed by atoms with Crippen molar-refractivity contribution in [1.29, 1.82) is 0 Å². The van der Waals surface area contributed by atoms with Crippen LogP contribution in [0.2, 0.25) is 0 Å². The van der Waals surface area contributed by atoms with Gasteiger partial charge in [0.1, 0.15) is 11.5 Å². The van der Waals surface area contributed by atoms with Crippen LogP contribution in [0.25, 0.3) is 11.3 Å². The first-order chi connectivity index (χ1) is 13.8. The summed E-state index contributed by atoms with van der Waals surface area (Å²) in [6.45, 7) is 2.69. The van der Waals surface area contributed by atoms with E-state index < -0.39 is 17.7 Å². The summed E-state index contributed by atoms with van der Waals surface area (Å²) in [5, 5.41) is -0.127. The van der Waals surface area contributed by atoms with Crippen LogP contribution >= 0.6 is 11.8 Å². The Kier molecular flexibility index (Phi) is 6.77. The van der Waals surface area contributed by atoms with Crippen LogP contribution in [0, 0.1) is 5.82 Å². The third kappa shape index (κ3) is 5.46. The van der Waals surface area contributed by atoms with E-state index in [1.165, 1.54) is 12.1 Å². The highest BCUT2D eigenvalue weighted by Crippen LogP contribution is 2.32. The predicted molar refractivity (Wildman–Crippen MR) is 103 cm³/mol. The number of carbonyl (C=O) groups excluding carboxylic acids is 1. The second-order valence-corrected chi connectivity index (χ2v) is 7.80. The standard InChI is InChI=1S/C20H21F4N3OS/c1-2-15-5-3-4-10-27(15)18(28)12-29-19-25-16(11-17(26-19)20(22,23)24)13-6-8-14(21)9-7-13/h6-9,11,15H,2-5,10,12H2,1H3/t15-/m0/s1. The Bertz CT molecular complexity index is 858. The van der Waals surface area contributed by atoms with Gasteiger partial charge in [0, 0.05) is 18.2 Å². The van der Waals surface area contributed by atoms with Crippen molar-refractivity contribution in [2.75, 3.05) is 12.3 Å². The van der Waals surface area contributed by atoms with Crippen molar-refractivity contribution in [2.45, 2.75) is 50.0 Å². The van der Waals surface area contributed by atoms with Gasteiger partial charge in [0.05, 0.1) is 11.4 Å². The first-order valence-corrected chi connectivity index (χ1v) is 10.4. The molecule has 29 heavy (non-hydrogen) atoms. The van der Waals surface area contributed by atoms with E-state index in [0.717, 1.165) is 55.6 Å². The predicted octanol–water partition coefficient (Wildman–Crippen LogP) is 5.18. The molecule has 3 rings (SSSR count). The number of likely N-dealkylation sites (tertiary alicyclic amines) is 1. The maximum atomic E-state index is 13.3. The fourth-order valence-electron chi connectivity index (χ4n) is 3.37. The molecule has 1 atom stereocenters. The minimum Gasteiger partial charge on any atom is -0.339 e. The quantitative estimate of drug-likeness (QED) is 0.375. The molecule has 1 aliphatic heterocycles. The number of thioether (sulfide) groups is 1. The number of benzene rings is 1. The molecule has 1 aliphatic rings. The largest absolute Gasteiger partial charge is 0.433 e. The second kappa shape index (κ2) is 9.11. The molecule has 156 valence electrons. The van der Waals surface area contributed by atoms with Crippen LogP contribution in [0.4, 0.5) is 17.6 Å². The van der Waals surface area contributed by atoms with Gasteiger partial charge in [0.25, 0.3) is 0 Å². The van der Waals surface area contributed by atoms with Crippen LogP contribution < -0.4 is 0 Å². The summed E-state index contributed by atoms with van der Waals surface area (Å²) in [6.07, 6.45) is -0.848. The Morgan fingerprint density at radius 2 is 1.93 bits per heavy atom. The van der Waals surface area contributed by atoms with E-state index in [0.29, 0.717) is 12.1 Å². The maximum Gasteiger partial charge on any atom is 0.433 e. The number of alkyl halides is 3. The van der Waals surface area contributed by atoms with Crippen LogP contribution in [-0.2, 0) is 11.0 Å². The minimum absolute atomic E-state index is 0.0271. The maximum absolute atomic E-state index is 13.3. The van der Waals surface area contributed by atoms with E-state index in [1.807, 2.05) is 11.8 Å². The molecule has 0 radical (unpaired) electrons. The van der Waals surface area contributed by atoms with Crippen LogP contribution in [0.3, 0.4) is 0 Å². The van der Waals surface area contributed by atoms with Gasteiger partial charge in [-0.05, 0) is 56.0 Å². The lowest BCUT2D eigenvalue weighted by atomic mass is 10.0. The second-order valence-electron chi connectivity index (χ2n) is 6.86. The van der Waals surface area contributed by atoms with E-state index in [-0.39, 0.29) is 28.6 Å². The number of halogens is 4. The van der Waals surface area contributed by atoms with Gasteiger partial charge in [-0.2, -0.15) is 13.2 Å². The van der Waals surface area contributed by atoms with Gasteiger partial charge in [0.15, 0.2) is 5.16 Å². The van der Waals surface area contributed by atoms with E-state index in [4.69, 9.17) is 0 Å². The zero-order valence-corrected chi connectivity index (χ0v) is 16.7. The fraction of sp³-hybridized carbons (Fsp3) is 0.450. The molecule has 9 heteroatoms. The third-order valence-corrected chi connectivity index (χ3v) is 5.71. The van der Waals surface area contributed by atoms with Crippen molar-refractivity contribution in [3.8, 4) is 11.3 Å².